The van der Waals surface area contributed by atoms with Crippen molar-refractivity contribution in [1.82, 2.24) is 0 Å². The van der Waals surface area contributed by atoms with Crippen LogP contribution in [0, 0.1) is 12.1 Å². The maximum atomic E-state index is 2.95. The third kappa shape index (κ3) is 1.46. The minimum absolute atomic E-state index is 1.14. The van der Waals surface area contributed by atoms with Crippen LogP contribution in [0.5, 0.6) is 0 Å². The van der Waals surface area contributed by atoms with Gasteiger partial charge >= 0.3 is 0 Å². The van der Waals surface area contributed by atoms with Gasteiger partial charge in [-0.15, -0.1) is 0 Å². The number of anilines is 1. The van der Waals surface area contributed by atoms with E-state index in [9.17, 15) is 0 Å². The number of hydrogen-bond donors (Lipinski definition) is 0. The number of nitrogens with zero attached hydrogens (tertiary/aromatic N) is 1. The van der Waals surface area contributed by atoms with Gasteiger partial charge in [-0.2, -0.15) is 0 Å². The largest absolute Gasteiger partial charge is 0.378 e. The summed E-state index contributed by atoms with van der Waals surface area (Å²) < 4.78 is 0. The topological polar surface area (TPSA) is 3.24 Å². The van der Waals surface area contributed by atoms with Crippen molar-refractivity contribution in [3.8, 4) is 0 Å². The van der Waals surface area contributed by atoms with Crippen molar-refractivity contribution < 1.29 is 0 Å². The third-order valence-corrected chi connectivity index (χ3v) is 1.15. The van der Waals surface area contributed by atoms with Gasteiger partial charge in [-0.05, 0) is 30.3 Å². The molecule has 0 spiro atoms. The molecule has 0 bridgehead atoms. The first-order valence-electron chi connectivity index (χ1n) is 2.85. The van der Waals surface area contributed by atoms with Crippen LogP contribution in [0.1, 0.15) is 0 Å². The lowest BCUT2D eigenvalue weighted by molar-refractivity contribution is 1.13. The van der Waals surface area contributed by atoms with Crippen LogP contribution in [-0.4, -0.2) is 14.1 Å². The second-order valence-corrected chi connectivity index (χ2v) is 2.09. The summed E-state index contributed by atoms with van der Waals surface area (Å²) in [6.45, 7) is 0. The molecule has 0 aliphatic heterocycles. The zero-order valence-corrected chi connectivity index (χ0v) is 5.68. The Morgan fingerprint density at radius 3 is 2.11 bits per heavy atom. The monoisotopic (exact) mass is 119 g/mol. The fourth-order valence-corrected chi connectivity index (χ4v) is 0.602. The quantitative estimate of drug-likeness (QED) is 0.539. The highest BCUT2D eigenvalue weighted by Gasteiger charge is 1.88. The van der Waals surface area contributed by atoms with Crippen LogP contribution in [0.15, 0.2) is 18.2 Å². The van der Waals surface area contributed by atoms with E-state index >= 15 is 0 Å². The average Bonchev–Trinajstić information content (AvgIpc) is 1.90. The first kappa shape index (κ1) is 6.14. The Balaban J connectivity index is 2.85. The Bertz CT molecular complexity index is 167. The van der Waals surface area contributed by atoms with Crippen molar-refractivity contribution in [2.24, 2.45) is 0 Å². The molecule has 0 heterocycles. The maximum absolute atomic E-state index is 2.95. The molecule has 0 aliphatic rings. The summed E-state index contributed by atoms with van der Waals surface area (Å²) in [4.78, 5) is 2.02. The Kier molecular flexibility index (Phi) is 1.73. The van der Waals surface area contributed by atoms with Crippen molar-refractivity contribution >= 4 is 5.69 Å². The van der Waals surface area contributed by atoms with E-state index in [-0.39, 0.29) is 0 Å². The highest BCUT2D eigenvalue weighted by molar-refractivity contribution is 5.42. The highest BCUT2D eigenvalue weighted by Crippen LogP contribution is 2.06. The molecule has 0 saturated heterocycles. The number of rotatable bonds is 1. The van der Waals surface area contributed by atoms with E-state index in [0.717, 1.165) is 5.69 Å². The lowest BCUT2D eigenvalue weighted by atomic mass is 10.3. The summed E-state index contributed by atoms with van der Waals surface area (Å²) in [6, 6.07) is 11.5. The summed E-state index contributed by atoms with van der Waals surface area (Å²) in [5.41, 5.74) is 1.14. The fraction of sp³-hybridized carbons (Fsp3) is 0.250. The van der Waals surface area contributed by atoms with Crippen LogP contribution in [0.4, 0.5) is 5.69 Å². The molecule has 0 unspecified atom stereocenters. The Morgan fingerprint density at radius 2 is 1.78 bits per heavy atom. The van der Waals surface area contributed by atoms with Gasteiger partial charge in [0.1, 0.15) is 0 Å². The molecule has 1 aromatic rings. The first-order valence-corrected chi connectivity index (χ1v) is 2.85. The van der Waals surface area contributed by atoms with Crippen LogP contribution in [0.25, 0.3) is 0 Å². The smallest absolute Gasteiger partial charge is 0.0373 e. The molecule has 2 radical (unpaired) electrons. The van der Waals surface area contributed by atoms with Crippen molar-refractivity contribution in [2.45, 2.75) is 0 Å². The molecule has 0 atom stereocenters. The lowest BCUT2D eigenvalue weighted by Gasteiger charge is -2.10. The predicted molar refractivity (Wildman–Crippen MR) is 38.4 cm³/mol. The molecule has 1 nitrogen and oxygen atoms in total. The zero-order chi connectivity index (χ0) is 6.69. The van der Waals surface area contributed by atoms with E-state index in [1.807, 2.05) is 31.1 Å². The van der Waals surface area contributed by atoms with Crippen molar-refractivity contribution in [3.63, 3.8) is 0 Å². The number of benzene rings is 1. The van der Waals surface area contributed by atoms with E-state index in [1.54, 1.807) is 6.07 Å². The minimum atomic E-state index is 1.14. The molecule has 46 valence electrons. The summed E-state index contributed by atoms with van der Waals surface area (Å²) in [5, 5.41) is 0. The van der Waals surface area contributed by atoms with E-state index in [1.165, 1.54) is 0 Å². The van der Waals surface area contributed by atoms with Gasteiger partial charge < -0.3 is 4.90 Å². The summed E-state index contributed by atoms with van der Waals surface area (Å²) in [6.07, 6.45) is 0. The molecule has 0 amide bonds. The summed E-state index contributed by atoms with van der Waals surface area (Å²) in [5.74, 6) is 0. The van der Waals surface area contributed by atoms with E-state index in [4.69, 9.17) is 0 Å². The highest BCUT2D eigenvalue weighted by atomic mass is 15.1. The van der Waals surface area contributed by atoms with Gasteiger partial charge in [0.05, 0.1) is 0 Å². The summed E-state index contributed by atoms with van der Waals surface area (Å²) >= 11 is 0. The van der Waals surface area contributed by atoms with Crippen LogP contribution >= 0.6 is 0 Å². The van der Waals surface area contributed by atoms with Crippen molar-refractivity contribution in [2.75, 3.05) is 19.0 Å². The van der Waals surface area contributed by atoms with Gasteiger partial charge in [0.2, 0.25) is 0 Å². The van der Waals surface area contributed by atoms with E-state index < -0.39 is 0 Å². The zero-order valence-electron chi connectivity index (χ0n) is 5.68. The minimum Gasteiger partial charge on any atom is -0.378 e. The van der Waals surface area contributed by atoms with Gasteiger partial charge in [-0.25, -0.2) is 0 Å². The van der Waals surface area contributed by atoms with Gasteiger partial charge in [-0.3, -0.25) is 0 Å². The molecule has 0 fully saturated rings. The van der Waals surface area contributed by atoms with Crippen LogP contribution in [0.2, 0.25) is 0 Å². The molecular formula is C8H9N. The first-order chi connectivity index (χ1) is 4.30. The molecule has 0 N–H and O–H groups in total. The molecule has 0 saturated carbocycles. The molecule has 0 aromatic heterocycles. The SMILES string of the molecule is CN(C)c1c[c]c[c]c1. The van der Waals surface area contributed by atoms with Gasteiger partial charge in [0.25, 0.3) is 0 Å². The van der Waals surface area contributed by atoms with E-state index in [2.05, 4.69) is 12.1 Å². The van der Waals surface area contributed by atoms with Gasteiger partial charge in [0.15, 0.2) is 0 Å². The van der Waals surface area contributed by atoms with Crippen LogP contribution < -0.4 is 4.90 Å². The molecule has 9 heavy (non-hydrogen) atoms. The van der Waals surface area contributed by atoms with Crippen molar-refractivity contribution in [1.29, 1.82) is 0 Å². The molecule has 1 aromatic carbocycles. The molecule has 1 heteroatoms. The molecular weight excluding hydrogens is 110 g/mol. The van der Waals surface area contributed by atoms with E-state index in [0.29, 0.717) is 0 Å². The van der Waals surface area contributed by atoms with Gasteiger partial charge in [-0.1, -0.05) is 0 Å². The average molecular weight is 119 g/mol. The second kappa shape index (κ2) is 2.53. The third-order valence-electron chi connectivity index (χ3n) is 1.15. The fourth-order valence-electron chi connectivity index (χ4n) is 0.602. The lowest BCUT2D eigenvalue weighted by Crippen LogP contribution is -2.07. The Hall–Kier alpha value is -0.980. The Morgan fingerprint density at radius 1 is 1.22 bits per heavy atom. The van der Waals surface area contributed by atoms with Crippen molar-refractivity contribution in [3.05, 3.63) is 30.3 Å². The Labute approximate surface area is 55.9 Å². The second-order valence-electron chi connectivity index (χ2n) is 2.09. The predicted octanol–water partition coefficient (Wildman–Crippen LogP) is 1.35. The normalized spacial score (nSPS) is 9.11. The maximum Gasteiger partial charge on any atom is 0.0373 e. The molecule has 0 aliphatic carbocycles. The molecule has 1 rings (SSSR count). The van der Waals surface area contributed by atoms with Crippen LogP contribution in [0.3, 0.4) is 0 Å². The summed E-state index contributed by atoms with van der Waals surface area (Å²) in [7, 11) is 3.99. The standard InChI is InChI=1S/C8H9N/c1-9(2)8-6-4-3-5-7-8/h3,6-7H,1-2H3. The van der Waals surface area contributed by atoms with Gasteiger partial charge in [0, 0.05) is 19.8 Å². The number of hydrogen-bond acceptors (Lipinski definition) is 1. The van der Waals surface area contributed by atoms with Crippen LogP contribution in [-0.2, 0) is 0 Å².